The van der Waals surface area contributed by atoms with E-state index in [2.05, 4.69) is 20.5 Å². The summed E-state index contributed by atoms with van der Waals surface area (Å²) in [7, 11) is 0. The number of guanidine groups is 1. The number of hydrogen-bond donors (Lipinski definition) is 2. The number of ether oxygens (including phenoxy) is 1. The van der Waals surface area contributed by atoms with Gasteiger partial charge in [-0.1, -0.05) is 57.2 Å². The van der Waals surface area contributed by atoms with Gasteiger partial charge in [0.05, 0.1) is 17.9 Å². The number of alkyl halides is 4. The van der Waals surface area contributed by atoms with E-state index in [-0.39, 0.29) is 30.2 Å². The maximum absolute atomic E-state index is 14.9. The number of carbonyl (C=O) groups is 2. The van der Waals surface area contributed by atoms with Crippen LogP contribution < -0.4 is 11.1 Å². The van der Waals surface area contributed by atoms with E-state index in [9.17, 15) is 27.2 Å². The lowest BCUT2D eigenvalue weighted by Gasteiger charge is -2.35. The zero-order valence-corrected chi connectivity index (χ0v) is 27.9. The quantitative estimate of drug-likeness (QED) is 0.176. The van der Waals surface area contributed by atoms with Crippen LogP contribution in [0.25, 0.3) is 16.8 Å². The van der Waals surface area contributed by atoms with Crippen LogP contribution in [-0.2, 0) is 15.1 Å². The molecule has 6 rings (SSSR count). The number of nitrogens with one attached hydrogen (secondary N) is 1. The number of rotatable bonds is 11. The first-order valence-corrected chi connectivity index (χ1v) is 15.9. The second-order valence-corrected chi connectivity index (χ2v) is 14.0. The normalized spacial score (nSPS) is 19.2. The Morgan fingerprint density at radius 1 is 1.06 bits per heavy atom. The van der Waals surface area contributed by atoms with Crippen LogP contribution >= 0.6 is 0 Å². The van der Waals surface area contributed by atoms with Crippen molar-refractivity contribution in [2.24, 2.45) is 16.1 Å². The second kappa shape index (κ2) is 12.9. The fraction of sp³-hybridized carbons (Fsp3) is 0.412. The topological polar surface area (TPSA) is 146 Å². The number of nitrogens with zero attached hydrogens (tertiary/aromatic N) is 7. The molecule has 3 heterocycles. The standard InChI is InChI=1S/C34H37F4N9O3/c1-32(2,3)18-34(23-10-8-20(9-11-23)22-15-41-45(16-22)29(37)38)28(48)46(30(39)43-34)25(17-50-31(49)44-33(4)12-13-33)21-6-5-7-24(14-21)47-27(26(35)36)40-19-42-47/h5-11,14-16,19,25-26,29H,12-13,17-18H2,1-4H3,(H2,39,43)(H,44,49)/t25-,34-/m1/s1. The Hall–Kier alpha value is -5.28. The van der Waals surface area contributed by atoms with Crippen LogP contribution in [0.3, 0.4) is 0 Å². The number of aromatic nitrogens is 5. The van der Waals surface area contributed by atoms with E-state index in [1.165, 1.54) is 17.3 Å². The second-order valence-electron chi connectivity index (χ2n) is 14.0. The predicted molar refractivity (Wildman–Crippen MR) is 174 cm³/mol. The predicted octanol–water partition coefficient (Wildman–Crippen LogP) is 6.27. The lowest BCUT2D eigenvalue weighted by atomic mass is 9.75. The maximum Gasteiger partial charge on any atom is 0.407 e. The van der Waals surface area contributed by atoms with E-state index in [0.717, 1.165) is 23.9 Å². The molecular weight excluding hydrogens is 658 g/mol. The average Bonchev–Trinajstić information content (AvgIpc) is 3.43. The first-order valence-electron chi connectivity index (χ1n) is 15.9. The molecule has 12 nitrogen and oxygen atoms in total. The van der Waals surface area contributed by atoms with Crippen molar-refractivity contribution in [1.82, 2.24) is 34.8 Å². The van der Waals surface area contributed by atoms with Gasteiger partial charge in [0.1, 0.15) is 12.9 Å². The Labute approximate surface area is 285 Å². The molecule has 1 saturated carbocycles. The molecular formula is C34H37F4N9O3. The van der Waals surface area contributed by atoms with Crippen molar-refractivity contribution in [1.29, 1.82) is 0 Å². The summed E-state index contributed by atoms with van der Waals surface area (Å²) in [5.74, 6) is -1.20. The van der Waals surface area contributed by atoms with Gasteiger partial charge in [-0.2, -0.15) is 19.0 Å². The highest BCUT2D eigenvalue weighted by molar-refractivity contribution is 6.07. The molecule has 2 atom stereocenters. The molecule has 2 aromatic heterocycles. The van der Waals surface area contributed by atoms with E-state index in [0.29, 0.717) is 26.9 Å². The van der Waals surface area contributed by atoms with Crippen LogP contribution in [-0.4, -0.2) is 59.6 Å². The third-order valence-electron chi connectivity index (χ3n) is 8.76. The van der Waals surface area contributed by atoms with E-state index < -0.39 is 47.8 Å². The number of alkyl carbamates (subject to hydrolysis) is 1. The Bertz CT molecular complexity index is 1910. The van der Waals surface area contributed by atoms with E-state index >= 15 is 0 Å². The monoisotopic (exact) mass is 695 g/mol. The molecule has 0 saturated heterocycles. The first kappa shape index (κ1) is 34.6. The van der Waals surface area contributed by atoms with Crippen molar-refractivity contribution in [2.45, 2.75) is 77.1 Å². The molecule has 1 fully saturated rings. The molecule has 2 amide bonds. The van der Waals surface area contributed by atoms with E-state index in [1.807, 2.05) is 27.7 Å². The van der Waals surface area contributed by atoms with Gasteiger partial charge in [-0.3, -0.25) is 9.69 Å². The molecule has 1 aliphatic heterocycles. The summed E-state index contributed by atoms with van der Waals surface area (Å²) in [5, 5.41) is 10.5. The van der Waals surface area contributed by atoms with Crippen LogP contribution in [0.2, 0.25) is 0 Å². The lowest BCUT2D eigenvalue weighted by molar-refractivity contribution is -0.135. The molecule has 2 aliphatic rings. The van der Waals surface area contributed by atoms with Crippen molar-refractivity contribution < 1.29 is 31.9 Å². The third-order valence-corrected chi connectivity index (χ3v) is 8.76. The van der Waals surface area contributed by atoms with Crippen molar-refractivity contribution in [3.63, 3.8) is 0 Å². The van der Waals surface area contributed by atoms with Crippen molar-refractivity contribution in [3.8, 4) is 16.8 Å². The SMILES string of the molecule is CC(C)(C)C[C@]1(c2ccc(-c3cnn(C(F)F)c3)cc2)N=C(N)N([C@H](COC(=O)NC2(C)CC2)c2cccc(-n3ncnc3C(F)F)c2)C1=O. The molecule has 2 aromatic carbocycles. The van der Waals surface area contributed by atoms with Crippen molar-refractivity contribution in [3.05, 3.63) is 84.2 Å². The summed E-state index contributed by atoms with van der Waals surface area (Å²) in [6, 6.07) is 12.1. The summed E-state index contributed by atoms with van der Waals surface area (Å²) >= 11 is 0. The molecule has 4 aromatic rings. The van der Waals surface area contributed by atoms with Gasteiger partial charge in [0, 0.05) is 17.3 Å². The van der Waals surface area contributed by atoms with Gasteiger partial charge in [-0.05, 0) is 60.4 Å². The number of nitrogens with two attached hydrogens (primary N) is 1. The molecule has 0 bridgehead atoms. The van der Waals surface area contributed by atoms with Crippen molar-refractivity contribution in [2.75, 3.05) is 6.61 Å². The van der Waals surface area contributed by atoms with Gasteiger partial charge in [0.2, 0.25) is 0 Å². The van der Waals surface area contributed by atoms with E-state index in [4.69, 9.17) is 15.5 Å². The van der Waals surface area contributed by atoms with Gasteiger partial charge in [-0.15, -0.1) is 0 Å². The van der Waals surface area contributed by atoms with Crippen LogP contribution in [0.5, 0.6) is 0 Å². The molecule has 16 heteroatoms. The maximum atomic E-state index is 14.9. The third kappa shape index (κ3) is 6.91. The molecule has 0 unspecified atom stereocenters. The minimum atomic E-state index is -2.90. The Morgan fingerprint density at radius 3 is 2.40 bits per heavy atom. The summed E-state index contributed by atoms with van der Waals surface area (Å²) in [5.41, 5.74) is 6.48. The van der Waals surface area contributed by atoms with Crippen LogP contribution in [0, 0.1) is 5.41 Å². The Morgan fingerprint density at radius 2 is 1.78 bits per heavy atom. The first-order chi connectivity index (χ1) is 23.6. The zero-order chi connectivity index (χ0) is 36.0. The highest BCUT2D eigenvalue weighted by atomic mass is 19.3. The van der Waals surface area contributed by atoms with Crippen molar-refractivity contribution >= 4 is 18.0 Å². The molecule has 50 heavy (non-hydrogen) atoms. The van der Waals surface area contributed by atoms with Gasteiger partial charge in [0.25, 0.3) is 12.3 Å². The fourth-order valence-electron chi connectivity index (χ4n) is 6.14. The Kier molecular flexibility index (Phi) is 8.90. The smallest absolute Gasteiger partial charge is 0.407 e. The lowest BCUT2D eigenvalue weighted by Crippen LogP contribution is -2.48. The van der Waals surface area contributed by atoms with Gasteiger partial charge < -0.3 is 15.8 Å². The number of benzene rings is 2. The zero-order valence-electron chi connectivity index (χ0n) is 27.9. The van der Waals surface area contributed by atoms with Crippen LogP contribution in [0.4, 0.5) is 22.4 Å². The fourth-order valence-corrected chi connectivity index (χ4v) is 6.14. The largest absolute Gasteiger partial charge is 0.447 e. The van der Waals surface area contributed by atoms with E-state index in [1.54, 1.807) is 48.5 Å². The number of hydrogen-bond acceptors (Lipinski definition) is 8. The highest BCUT2D eigenvalue weighted by Gasteiger charge is 2.53. The highest BCUT2D eigenvalue weighted by Crippen LogP contribution is 2.45. The summed E-state index contributed by atoms with van der Waals surface area (Å²) in [4.78, 5) is 37.4. The molecule has 0 radical (unpaired) electrons. The summed E-state index contributed by atoms with van der Waals surface area (Å²) < 4.78 is 61.0. The van der Waals surface area contributed by atoms with Gasteiger partial charge >= 0.3 is 12.6 Å². The molecule has 264 valence electrons. The summed E-state index contributed by atoms with van der Waals surface area (Å²) in [6.45, 7) is 4.62. The number of carbonyl (C=O) groups excluding carboxylic acids is 2. The number of amides is 2. The number of halogens is 4. The minimum absolute atomic E-state index is 0.135. The van der Waals surface area contributed by atoms with Crippen LogP contribution in [0.15, 0.2) is 72.2 Å². The Balaban J connectivity index is 1.38. The molecule has 3 N–H and O–H groups in total. The average molecular weight is 696 g/mol. The summed E-state index contributed by atoms with van der Waals surface area (Å²) in [6.07, 6.45) is 1.80. The molecule has 0 spiro atoms. The van der Waals surface area contributed by atoms with Gasteiger partial charge in [0.15, 0.2) is 17.3 Å². The van der Waals surface area contributed by atoms with Crippen LogP contribution in [0.1, 0.15) is 82.9 Å². The minimum Gasteiger partial charge on any atom is -0.447 e. The number of aliphatic imine (C=N–C) groups is 1. The van der Waals surface area contributed by atoms with Gasteiger partial charge in [-0.25, -0.2) is 32.9 Å². The molecule has 1 aliphatic carbocycles.